The quantitative estimate of drug-likeness (QED) is 0.882. The van der Waals surface area contributed by atoms with Crippen molar-refractivity contribution in [1.29, 1.82) is 0 Å². The van der Waals surface area contributed by atoms with Crippen LogP contribution in [0.1, 0.15) is 35.3 Å². The molecule has 3 nitrogen and oxygen atoms in total. The van der Waals surface area contributed by atoms with Gasteiger partial charge in [-0.05, 0) is 25.5 Å². The molecular formula is C13H17N3S. The van der Waals surface area contributed by atoms with Crippen LogP contribution in [0.25, 0.3) is 0 Å². The molecule has 2 heterocycles. The number of hydrogen-bond acceptors (Lipinski definition) is 4. The molecule has 0 aromatic carbocycles. The first-order valence-corrected chi connectivity index (χ1v) is 6.68. The smallest absolute Gasteiger partial charge is 0.0753 e. The maximum absolute atomic E-state index is 4.29. The van der Waals surface area contributed by atoms with E-state index in [2.05, 4.69) is 41.3 Å². The van der Waals surface area contributed by atoms with E-state index >= 15 is 0 Å². The fourth-order valence-corrected chi connectivity index (χ4v) is 2.51. The zero-order chi connectivity index (χ0) is 12.1. The minimum Gasteiger partial charge on any atom is -0.304 e. The highest BCUT2D eigenvalue weighted by Crippen LogP contribution is 2.17. The Morgan fingerprint density at radius 1 is 1.29 bits per heavy atom. The zero-order valence-electron chi connectivity index (χ0n) is 10.2. The summed E-state index contributed by atoms with van der Waals surface area (Å²) in [6.07, 6.45) is 6.35. The molecular weight excluding hydrogens is 230 g/mol. The van der Waals surface area contributed by atoms with Crippen molar-refractivity contribution >= 4 is 11.3 Å². The molecule has 2 aromatic rings. The fourth-order valence-electron chi connectivity index (χ4n) is 1.60. The number of rotatable bonds is 5. The lowest BCUT2D eigenvalue weighted by atomic mass is 10.2. The fraction of sp³-hybridized carbons (Fsp3) is 0.385. The van der Waals surface area contributed by atoms with Crippen molar-refractivity contribution in [3.05, 3.63) is 46.2 Å². The lowest BCUT2D eigenvalue weighted by molar-refractivity contribution is 0.563. The van der Waals surface area contributed by atoms with Gasteiger partial charge in [0.25, 0.3) is 0 Å². The summed E-state index contributed by atoms with van der Waals surface area (Å²) in [6, 6.07) is 4.63. The van der Waals surface area contributed by atoms with Crippen LogP contribution in [0.3, 0.4) is 0 Å². The lowest BCUT2D eigenvalue weighted by Crippen LogP contribution is -2.18. The summed E-state index contributed by atoms with van der Waals surface area (Å²) in [6.45, 7) is 5.19. The molecule has 0 saturated carbocycles. The van der Waals surface area contributed by atoms with Crippen LogP contribution < -0.4 is 5.32 Å². The van der Waals surface area contributed by atoms with Gasteiger partial charge in [0.2, 0.25) is 0 Å². The number of nitrogens with zero attached hydrogens (tertiary/aromatic N) is 2. The van der Waals surface area contributed by atoms with Crippen molar-refractivity contribution in [2.24, 2.45) is 0 Å². The normalized spacial score (nSPS) is 12.6. The molecule has 0 amide bonds. The molecule has 1 N–H and O–H groups in total. The third-order valence-electron chi connectivity index (χ3n) is 2.68. The summed E-state index contributed by atoms with van der Waals surface area (Å²) < 4.78 is 0. The number of aryl methyl sites for hydroxylation is 1. The molecule has 0 radical (unpaired) electrons. The Bertz CT molecular complexity index is 453. The van der Waals surface area contributed by atoms with Crippen molar-refractivity contribution in [2.75, 3.05) is 0 Å². The Labute approximate surface area is 106 Å². The second-order valence-corrected chi connectivity index (χ2v) is 5.21. The van der Waals surface area contributed by atoms with Crippen LogP contribution >= 0.6 is 11.3 Å². The minimum absolute atomic E-state index is 0.232. The van der Waals surface area contributed by atoms with Gasteiger partial charge in [-0.3, -0.25) is 9.97 Å². The summed E-state index contributed by atoms with van der Waals surface area (Å²) in [5.41, 5.74) is 0.986. The highest BCUT2D eigenvalue weighted by Gasteiger charge is 2.06. The van der Waals surface area contributed by atoms with Gasteiger partial charge >= 0.3 is 0 Å². The van der Waals surface area contributed by atoms with Crippen LogP contribution in [-0.4, -0.2) is 9.97 Å². The maximum atomic E-state index is 4.29. The number of aromatic nitrogens is 2. The van der Waals surface area contributed by atoms with E-state index in [9.17, 15) is 0 Å². The Morgan fingerprint density at radius 2 is 2.12 bits per heavy atom. The van der Waals surface area contributed by atoms with Gasteiger partial charge in [-0.25, -0.2) is 0 Å². The molecule has 2 rings (SSSR count). The first kappa shape index (κ1) is 12.2. The van der Waals surface area contributed by atoms with E-state index in [0.717, 1.165) is 18.7 Å². The van der Waals surface area contributed by atoms with Crippen molar-refractivity contribution in [3.8, 4) is 0 Å². The second kappa shape index (κ2) is 5.89. The highest BCUT2D eigenvalue weighted by atomic mass is 32.1. The molecule has 0 spiro atoms. The van der Waals surface area contributed by atoms with Gasteiger partial charge in [-0.1, -0.05) is 6.92 Å². The molecule has 0 aliphatic heterocycles. The van der Waals surface area contributed by atoms with Crippen LogP contribution in [-0.2, 0) is 13.0 Å². The molecule has 2 aromatic heterocycles. The average molecular weight is 247 g/mol. The third kappa shape index (κ3) is 3.35. The van der Waals surface area contributed by atoms with Crippen LogP contribution in [0.5, 0.6) is 0 Å². The predicted molar refractivity (Wildman–Crippen MR) is 71.0 cm³/mol. The van der Waals surface area contributed by atoms with Crippen LogP contribution in [0.2, 0.25) is 0 Å². The van der Waals surface area contributed by atoms with Crippen LogP contribution in [0.4, 0.5) is 0 Å². The monoisotopic (exact) mass is 247 g/mol. The van der Waals surface area contributed by atoms with Crippen molar-refractivity contribution in [2.45, 2.75) is 32.9 Å². The first-order chi connectivity index (χ1) is 8.29. The van der Waals surface area contributed by atoms with E-state index in [1.165, 1.54) is 9.75 Å². The minimum atomic E-state index is 0.232. The summed E-state index contributed by atoms with van der Waals surface area (Å²) in [5.74, 6) is 0. The Hall–Kier alpha value is -1.26. The molecule has 17 heavy (non-hydrogen) atoms. The molecule has 0 aliphatic carbocycles. The summed E-state index contributed by atoms with van der Waals surface area (Å²) in [5, 5.41) is 3.46. The van der Waals surface area contributed by atoms with Gasteiger partial charge in [-0.2, -0.15) is 0 Å². The largest absolute Gasteiger partial charge is 0.304 e. The van der Waals surface area contributed by atoms with Gasteiger partial charge in [0, 0.05) is 40.9 Å². The van der Waals surface area contributed by atoms with Gasteiger partial charge in [0.05, 0.1) is 5.69 Å². The third-order valence-corrected chi connectivity index (χ3v) is 3.90. The first-order valence-electron chi connectivity index (χ1n) is 5.86. The maximum Gasteiger partial charge on any atom is 0.0753 e. The Morgan fingerprint density at radius 3 is 2.76 bits per heavy atom. The summed E-state index contributed by atoms with van der Waals surface area (Å²) in [4.78, 5) is 11.2. The van der Waals surface area contributed by atoms with E-state index in [-0.39, 0.29) is 6.04 Å². The number of thiophene rings is 1. The van der Waals surface area contributed by atoms with Gasteiger partial charge in [0.1, 0.15) is 0 Å². The zero-order valence-corrected chi connectivity index (χ0v) is 11.0. The standard InChI is InChI=1S/C13H17N3S/c1-3-11-4-5-12(17-11)8-16-10(2)13-9-14-6-7-15-13/h4-7,9-10,16H,3,8H2,1-2H3. The van der Waals surface area contributed by atoms with E-state index in [1.54, 1.807) is 12.4 Å². The van der Waals surface area contributed by atoms with Crippen molar-refractivity contribution in [3.63, 3.8) is 0 Å². The summed E-state index contributed by atoms with van der Waals surface area (Å²) >= 11 is 1.87. The number of nitrogens with one attached hydrogen (secondary N) is 1. The highest BCUT2D eigenvalue weighted by molar-refractivity contribution is 7.11. The summed E-state index contributed by atoms with van der Waals surface area (Å²) in [7, 11) is 0. The second-order valence-electron chi connectivity index (χ2n) is 3.95. The van der Waals surface area contributed by atoms with E-state index in [0.29, 0.717) is 0 Å². The van der Waals surface area contributed by atoms with Crippen LogP contribution in [0, 0.1) is 0 Å². The molecule has 4 heteroatoms. The molecule has 0 bridgehead atoms. The Balaban J connectivity index is 1.90. The molecule has 0 fully saturated rings. The molecule has 0 aliphatic rings. The van der Waals surface area contributed by atoms with Crippen LogP contribution in [0.15, 0.2) is 30.7 Å². The average Bonchev–Trinajstić information content (AvgIpc) is 2.85. The Kier molecular flexibility index (Phi) is 4.23. The van der Waals surface area contributed by atoms with E-state index in [1.807, 2.05) is 17.5 Å². The predicted octanol–water partition coefficient (Wildman–Crippen LogP) is 2.95. The number of hydrogen-bond donors (Lipinski definition) is 1. The molecule has 90 valence electrons. The van der Waals surface area contributed by atoms with Gasteiger partial charge in [0.15, 0.2) is 0 Å². The van der Waals surface area contributed by atoms with E-state index < -0.39 is 0 Å². The van der Waals surface area contributed by atoms with Gasteiger partial charge in [-0.15, -0.1) is 11.3 Å². The topological polar surface area (TPSA) is 37.8 Å². The lowest BCUT2D eigenvalue weighted by Gasteiger charge is -2.11. The molecule has 1 unspecified atom stereocenters. The SMILES string of the molecule is CCc1ccc(CNC(C)c2cnccn2)s1. The molecule has 1 atom stereocenters. The van der Waals surface area contributed by atoms with E-state index in [4.69, 9.17) is 0 Å². The van der Waals surface area contributed by atoms with Crippen molar-refractivity contribution in [1.82, 2.24) is 15.3 Å². The van der Waals surface area contributed by atoms with Gasteiger partial charge < -0.3 is 5.32 Å². The molecule has 0 saturated heterocycles. The van der Waals surface area contributed by atoms with Crippen molar-refractivity contribution < 1.29 is 0 Å².